The standard InChI is InChI=1S/C16H21F3N2O3/c1-4-24-14(23)15(16(17,18)19,21-13(22)10-11(2)3)20-12-8-6-5-7-9-12/h5-9,11,20H,4,10H2,1-3H3,(H,21,22). The number of carbonyl (C=O) groups excluding carboxylic acids is 2. The second-order valence-corrected chi connectivity index (χ2v) is 5.61. The Morgan fingerprint density at radius 2 is 1.75 bits per heavy atom. The summed E-state index contributed by atoms with van der Waals surface area (Å²) >= 11 is 0. The average molecular weight is 346 g/mol. The van der Waals surface area contributed by atoms with Crippen molar-refractivity contribution in [1.29, 1.82) is 0 Å². The van der Waals surface area contributed by atoms with Crippen LogP contribution in [0.1, 0.15) is 27.2 Å². The summed E-state index contributed by atoms with van der Waals surface area (Å²) in [5.74, 6) is -2.69. The van der Waals surface area contributed by atoms with Crippen molar-refractivity contribution in [2.24, 2.45) is 5.92 Å². The molecule has 0 aliphatic heterocycles. The summed E-state index contributed by atoms with van der Waals surface area (Å²) in [6.07, 6.45) is -5.27. The van der Waals surface area contributed by atoms with Crippen molar-refractivity contribution in [1.82, 2.24) is 5.32 Å². The quantitative estimate of drug-likeness (QED) is 0.588. The molecule has 0 aliphatic carbocycles. The van der Waals surface area contributed by atoms with E-state index >= 15 is 0 Å². The van der Waals surface area contributed by atoms with Crippen molar-refractivity contribution in [2.45, 2.75) is 39.0 Å². The third-order valence-corrected chi connectivity index (χ3v) is 3.03. The highest BCUT2D eigenvalue weighted by molar-refractivity contribution is 5.91. The molecule has 0 saturated carbocycles. The summed E-state index contributed by atoms with van der Waals surface area (Å²) in [7, 11) is 0. The number of para-hydroxylation sites is 1. The Balaban J connectivity index is 3.28. The third-order valence-electron chi connectivity index (χ3n) is 3.03. The fourth-order valence-corrected chi connectivity index (χ4v) is 2.00. The van der Waals surface area contributed by atoms with Gasteiger partial charge < -0.3 is 15.4 Å². The zero-order valence-electron chi connectivity index (χ0n) is 13.7. The molecular weight excluding hydrogens is 325 g/mol. The number of ether oxygens (including phenoxy) is 1. The molecule has 1 rings (SSSR count). The van der Waals surface area contributed by atoms with Crippen LogP contribution in [0.4, 0.5) is 18.9 Å². The lowest BCUT2D eigenvalue weighted by Crippen LogP contribution is -2.69. The van der Waals surface area contributed by atoms with E-state index in [1.807, 2.05) is 0 Å². The minimum absolute atomic E-state index is 0.0210. The van der Waals surface area contributed by atoms with Crippen molar-refractivity contribution in [2.75, 3.05) is 11.9 Å². The van der Waals surface area contributed by atoms with E-state index in [4.69, 9.17) is 0 Å². The molecule has 0 radical (unpaired) electrons. The number of benzene rings is 1. The SMILES string of the molecule is CCOC(=O)C(NC(=O)CC(C)C)(Nc1ccccc1)C(F)(F)F. The molecule has 8 heteroatoms. The maximum absolute atomic E-state index is 13.8. The Morgan fingerprint density at radius 3 is 2.21 bits per heavy atom. The van der Waals surface area contributed by atoms with Crippen molar-refractivity contribution in [3.8, 4) is 0 Å². The largest absolute Gasteiger partial charge is 0.463 e. The van der Waals surface area contributed by atoms with Crippen LogP contribution in [-0.4, -0.2) is 30.3 Å². The summed E-state index contributed by atoms with van der Waals surface area (Å²) in [4.78, 5) is 24.1. The summed E-state index contributed by atoms with van der Waals surface area (Å²) in [6, 6.07) is 7.33. The Hall–Kier alpha value is -2.25. The van der Waals surface area contributed by atoms with Gasteiger partial charge in [0.1, 0.15) is 0 Å². The molecule has 1 amide bonds. The van der Waals surface area contributed by atoms with E-state index in [1.54, 1.807) is 25.2 Å². The number of hydrogen-bond donors (Lipinski definition) is 2. The molecule has 0 heterocycles. The predicted octanol–water partition coefficient (Wildman–Crippen LogP) is 3.08. The van der Waals surface area contributed by atoms with E-state index in [0.29, 0.717) is 0 Å². The monoisotopic (exact) mass is 346 g/mol. The first-order chi connectivity index (χ1) is 11.1. The van der Waals surface area contributed by atoms with Crippen LogP contribution >= 0.6 is 0 Å². The van der Waals surface area contributed by atoms with Gasteiger partial charge in [0.15, 0.2) is 0 Å². The zero-order chi connectivity index (χ0) is 18.4. The number of amides is 1. The van der Waals surface area contributed by atoms with Crippen LogP contribution in [0.3, 0.4) is 0 Å². The number of nitrogens with one attached hydrogen (secondary N) is 2. The van der Waals surface area contributed by atoms with E-state index in [1.165, 1.54) is 31.2 Å². The van der Waals surface area contributed by atoms with Gasteiger partial charge in [-0.2, -0.15) is 13.2 Å². The number of hydrogen-bond acceptors (Lipinski definition) is 4. The number of carbonyl (C=O) groups is 2. The second-order valence-electron chi connectivity index (χ2n) is 5.61. The van der Waals surface area contributed by atoms with Crippen LogP contribution in [0.2, 0.25) is 0 Å². The summed E-state index contributed by atoms with van der Waals surface area (Å²) in [5, 5.41) is 3.88. The Labute approximate surface area is 138 Å². The molecule has 0 saturated heterocycles. The van der Waals surface area contributed by atoms with E-state index in [9.17, 15) is 22.8 Å². The predicted molar refractivity (Wildman–Crippen MR) is 83.1 cm³/mol. The van der Waals surface area contributed by atoms with Crippen LogP contribution in [0, 0.1) is 5.92 Å². The molecule has 0 fully saturated rings. The highest BCUT2D eigenvalue weighted by Gasteiger charge is 2.63. The zero-order valence-corrected chi connectivity index (χ0v) is 13.7. The second kappa shape index (κ2) is 8.03. The lowest BCUT2D eigenvalue weighted by Gasteiger charge is -2.35. The van der Waals surface area contributed by atoms with Gasteiger partial charge in [-0.1, -0.05) is 32.0 Å². The molecule has 0 aromatic heterocycles. The maximum Gasteiger partial charge on any atom is 0.441 e. The summed E-state index contributed by atoms with van der Waals surface area (Å²) < 4.78 is 45.8. The molecule has 24 heavy (non-hydrogen) atoms. The number of alkyl halides is 3. The Morgan fingerprint density at radius 1 is 1.17 bits per heavy atom. The van der Waals surface area contributed by atoms with Crippen molar-refractivity contribution in [3.63, 3.8) is 0 Å². The fraction of sp³-hybridized carbons (Fsp3) is 0.500. The molecule has 0 aliphatic rings. The molecule has 5 nitrogen and oxygen atoms in total. The summed E-state index contributed by atoms with van der Waals surface area (Å²) in [5.41, 5.74) is -3.33. The average Bonchev–Trinajstić information content (AvgIpc) is 2.45. The molecule has 1 aromatic carbocycles. The number of esters is 1. The van der Waals surface area contributed by atoms with Gasteiger partial charge in [0.2, 0.25) is 5.91 Å². The molecule has 1 unspecified atom stereocenters. The van der Waals surface area contributed by atoms with Crippen molar-refractivity contribution in [3.05, 3.63) is 30.3 Å². The fourth-order valence-electron chi connectivity index (χ4n) is 2.00. The number of rotatable bonds is 7. The van der Waals surface area contributed by atoms with Crippen molar-refractivity contribution < 1.29 is 27.5 Å². The first kappa shape index (κ1) is 19.8. The molecule has 1 aromatic rings. The smallest absolute Gasteiger partial charge is 0.441 e. The number of anilines is 1. The first-order valence-corrected chi connectivity index (χ1v) is 7.50. The van der Waals surface area contributed by atoms with Crippen LogP contribution in [0.15, 0.2) is 30.3 Å². The van der Waals surface area contributed by atoms with Gasteiger partial charge in [-0.05, 0) is 25.0 Å². The highest BCUT2D eigenvalue weighted by Crippen LogP contribution is 2.33. The first-order valence-electron chi connectivity index (χ1n) is 7.50. The van der Waals surface area contributed by atoms with E-state index in [-0.39, 0.29) is 24.6 Å². The van der Waals surface area contributed by atoms with E-state index < -0.39 is 23.7 Å². The van der Waals surface area contributed by atoms with Gasteiger partial charge in [0, 0.05) is 12.1 Å². The van der Waals surface area contributed by atoms with Crippen LogP contribution < -0.4 is 10.6 Å². The lowest BCUT2D eigenvalue weighted by molar-refractivity contribution is -0.208. The highest BCUT2D eigenvalue weighted by atomic mass is 19.4. The Bertz CT molecular complexity index is 561. The Kier molecular flexibility index (Phi) is 6.62. The molecule has 1 atom stereocenters. The maximum atomic E-state index is 13.8. The van der Waals surface area contributed by atoms with E-state index in [2.05, 4.69) is 10.1 Å². The van der Waals surface area contributed by atoms with Crippen molar-refractivity contribution >= 4 is 17.6 Å². The minimum Gasteiger partial charge on any atom is -0.463 e. The molecule has 134 valence electrons. The topological polar surface area (TPSA) is 67.4 Å². The minimum atomic E-state index is -5.11. The van der Waals surface area contributed by atoms with Gasteiger partial charge in [0.05, 0.1) is 6.61 Å². The normalized spacial score (nSPS) is 14.0. The van der Waals surface area contributed by atoms with Crippen LogP contribution in [0.25, 0.3) is 0 Å². The molecular formula is C16H21F3N2O3. The number of halogens is 3. The summed E-state index contributed by atoms with van der Waals surface area (Å²) in [6.45, 7) is 4.50. The van der Waals surface area contributed by atoms with Gasteiger partial charge in [0.25, 0.3) is 0 Å². The van der Waals surface area contributed by atoms with Crippen LogP contribution in [-0.2, 0) is 14.3 Å². The van der Waals surface area contributed by atoms with Gasteiger partial charge >= 0.3 is 17.8 Å². The van der Waals surface area contributed by atoms with Gasteiger partial charge in [-0.15, -0.1) is 0 Å². The van der Waals surface area contributed by atoms with Gasteiger partial charge in [-0.25, -0.2) is 4.79 Å². The van der Waals surface area contributed by atoms with E-state index in [0.717, 1.165) is 0 Å². The molecule has 2 N–H and O–H groups in total. The third kappa shape index (κ3) is 4.87. The molecule has 0 bridgehead atoms. The lowest BCUT2D eigenvalue weighted by atomic mass is 10.1. The van der Waals surface area contributed by atoms with Gasteiger partial charge in [-0.3, -0.25) is 4.79 Å². The van der Waals surface area contributed by atoms with Crippen LogP contribution in [0.5, 0.6) is 0 Å². The molecule has 0 spiro atoms.